The highest BCUT2D eigenvalue weighted by atomic mass is 16.5. The predicted octanol–water partition coefficient (Wildman–Crippen LogP) is 11.3. The van der Waals surface area contributed by atoms with Gasteiger partial charge >= 0.3 is 5.97 Å². The van der Waals surface area contributed by atoms with E-state index in [4.69, 9.17) is 23.7 Å². The lowest BCUT2D eigenvalue weighted by atomic mass is 10.0. The van der Waals surface area contributed by atoms with Crippen molar-refractivity contribution in [1.82, 2.24) is 0 Å². The molecule has 0 bridgehead atoms. The number of esters is 1. The zero-order valence-electron chi connectivity index (χ0n) is 31.7. The number of methoxy groups -OCH3 is 2. The van der Waals surface area contributed by atoms with Gasteiger partial charge in [-0.1, -0.05) is 43.0 Å². The van der Waals surface area contributed by atoms with Gasteiger partial charge < -0.3 is 33.5 Å². The minimum atomic E-state index is -0.384. The Kier molecular flexibility index (Phi) is 13.8. The predicted molar refractivity (Wildman–Crippen MR) is 222 cm³/mol. The Morgan fingerprint density at radius 2 is 0.945 bits per heavy atom. The molecule has 0 saturated carbocycles. The summed E-state index contributed by atoms with van der Waals surface area (Å²) in [5.74, 6) is 1.96. The van der Waals surface area contributed by atoms with Crippen molar-refractivity contribution in [2.75, 3.05) is 37.2 Å². The topological polar surface area (TPSA) is 77.5 Å². The van der Waals surface area contributed by atoms with Crippen molar-refractivity contribution in [3.05, 3.63) is 163 Å². The van der Waals surface area contributed by atoms with Crippen LogP contribution in [0.4, 0.5) is 34.1 Å². The molecule has 0 radical (unpaired) electrons. The summed E-state index contributed by atoms with van der Waals surface area (Å²) in [5.41, 5.74) is 9.99. The van der Waals surface area contributed by atoms with E-state index in [1.165, 1.54) is 5.56 Å². The Hall–Kier alpha value is -6.80. The van der Waals surface area contributed by atoms with Gasteiger partial charge in [-0.3, -0.25) is 0 Å². The van der Waals surface area contributed by atoms with Gasteiger partial charge in [0.2, 0.25) is 0 Å². The molecule has 0 N–H and O–H groups in total. The summed E-state index contributed by atoms with van der Waals surface area (Å²) in [6.45, 7) is 10.1. The van der Waals surface area contributed by atoms with Crippen molar-refractivity contribution in [1.29, 1.82) is 0 Å². The fraction of sp³-hybridized carbons (Fsp3) is 0.149. The van der Waals surface area contributed by atoms with E-state index in [0.717, 1.165) is 62.5 Å². The van der Waals surface area contributed by atoms with Gasteiger partial charge in [0.25, 0.3) is 0 Å². The monoisotopic (exact) mass is 734 g/mol. The van der Waals surface area contributed by atoms with Gasteiger partial charge in [0.05, 0.1) is 27.4 Å². The van der Waals surface area contributed by atoms with E-state index in [0.29, 0.717) is 18.6 Å². The smallest absolute Gasteiger partial charge is 0.333 e. The highest BCUT2D eigenvalue weighted by Crippen LogP contribution is 2.39. The Morgan fingerprint density at radius 3 is 1.35 bits per heavy atom. The summed E-state index contributed by atoms with van der Waals surface area (Å²) in [5, 5.41) is 0. The van der Waals surface area contributed by atoms with Crippen LogP contribution in [0.15, 0.2) is 158 Å². The first kappa shape index (κ1) is 39.4. The van der Waals surface area contributed by atoms with E-state index < -0.39 is 0 Å². The van der Waals surface area contributed by atoms with Crippen molar-refractivity contribution >= 4 is 46.9 Å². The maximum absolute atomic E-state index is 11.6. The van der Waals surface area contributed by atoms with Crippen molar-refractivity contribution in [3.8, 4) is 28.4 Å². The third-order valence-electron chi connectivity index (χ3n) is 8.74. The van der Waals surface area contributed by atoms with Gasteiger partial charge in [0.15, 0.2) is 0 Å². The molecule has 6 rings (SSSR count). The first-order valence-corrected chi connectivity index (χ1v) is 17.8. The van der Waals surface area contributed by atoms with Gasteiger partial charge in [-0.05, 0) is 140 Å². The van der Waals surface area contributed by atoms with Crippen LogP contribution in [0.3, 0.4) is 0 Å². The lowest BCUT2D eigenvalue weighted by molar-refractivity contribution is -0.139. The first-order valence-electron chi connectivity index (χ1n) is 17.8. The maximum atomic E-state index is 11.6. The Balaban J connectivity index is 0.00000285. The second-order valence-corrected chi connectivity index (χ2v) is 12.6. The van der Waals surface area contributed by atoms with Crippen LogP contribution >= 0.6 is 0 Å². The molecular formula is C47H46N2O6. The number of ether oxygens (including phenoxy) is 4. The summed E-state index contributed by atoms with van der Waals surface area (Å²) >= 11 is 0. The molecule has 0 amide bonds. The van der Waals surface area contributed by atoms with Crippen LogP contribution in [0, 0.1) is 6.92 Å². The van der Waals surface area contributed by atoms with E-state index in [9.17, 15) is 4.79 Å². The Bertz CT molecular complexity index is 2130. The van der Waals surface area contributed by atoms with Gasteiger partial charge in [-0.25, -0.2) is 4.79 Å². The lowest BCUT2D eigenvalue weighted by Gasteiger charge is -2.26. The number of hydrogen-bond donors (Lipinski definition) is 0. The van der Waals surface area contributed by atoms with E-state index in [1.807, 2.05) is 67.5 Å². The molecule has 0 aromatic heterocycles. The number of nitrogens with zero attached hydrogens (tertiary/aromatic N) is 2. The zero-order valence-corrected chi connectivity index (χ0v) is 31.7. The minimum Gasteiger partial charge on any atom is -0.497 e. The fourth-order valence-electron chi connectivity index (χ4n) is 5.96. The highest BCUT2D eigenvalue weighted by Gasteiger charge is 2.16. The van der Waals surface area contributed by atoms with Crippen LogP contribution in [-0.2, 0) is 14.3 Å². The van der Waals surface area contributed by atoms with Crippen molar-refractivity contribution in [2.45, 2.75) is 20.3 Å². The number of aryl methyl sites for hydroxylation is 1. The van der Waals surface area contributed by atoms with E-state index >= 15 is 0 Å². The van der Waals surface area contributed by atoms with Crippen molar-refractivity contribution in [3.63, 3.8) is 0 Å². The molecule has 0 saturated heterocycles. The third kappa shape index (κ3) is 10.2. The average Bonchev–Trinajstić information content (AvgIpc) is 3.23. The minimum absolute atomic E-state index is 0.282. The van der Waals surface area contributed by atoms with Crippen LogP contribution in [0.25, 0.3) is 11.1 Å². The highest BCUT2D eigenvalue weighted by molar-refractivity contribution is 5.87. The maximum Gasteiger partial charge on any atom is 0.333 e. The molecule has 55 heavy (non-hydrogen) atoms. The summed E-state index contributed by atoms with van der Waals surface area (Å²) in [6, 6.07) is 49.9. The number of hydrogen-bond acceptors (Lipinski definition) is 8. The normalized spacial score (nSPS) is 10.3. The van der Waals surface area contributed by atoms with E-state index in [2.05, 4.69) is 108 Å². The van der Waals surface area contributed by atoms with Crippen LogP contribution in [0.5, 0.6) is 17.2 Å². The molecule has 0 aliphatic rings. The second-order valence-electron chi connectivity index (χ2n) is 12.6. The molecular weight excluding hydrogens is 689 g/mol. The molecule has 0 fully saturated rings. The van der Waals surface area contributed by atoms with E-state index in [-0.39, 0.29) is 12.6 Å². The molecule has 280 valence electrons. The summed E-state index contributed by atoms with van der Waals surface area (Å²) in [4.78, 5) is 24.1. The summed E-state index contributed by atoms with van der Waals surface area (Å²) in [7, 11) is 3.35. The van der Waals surface area contributed by atoms with Crippen molar-refractivity contribution < 1.29 is 28.5 Å². The number of carbonyl (C=O) groups excluding carboxylic acids is 2. The molecule has 6 aromatic carbocycles. The Morgan fingerprint density at radius 1 is 0.545 bits per heavy atom. The first-order chi connectivity index (χ1) is 26.8. The van der Waals surface area contributed by atoms with Crippen LogP contribution in [0.1, 0.15) is 18.9 Å². The number of carbonyl (C=O) groups is 2. The SMILES string of the molecule is C=C(C)C(=O)OCCCOc1ccc(N(c2ccc(OC)cc2)c2ccc(-c3ccc(N(c4ccc(OC)cc4)c4cccc(C)c4)cc3)cc2)cc1.C=O. The average molecular weight is 735 g/mol. The molecule has 8 nitrogen and oxygen atoms in total. The number of rotatable bonds is 15. The Labute approximate surface area is 323 Å². The molecule has 6 aromatic rings. The third-order valence-corrected chi connectivity index (χ3v) is 8.74. The molecule has 0 heterocycles. The molecule has 0 aliphatic carbocycles. The molecule has 0 spiro atoms. The van der Waals surface area contributed by atoms with Crippen LogP contribution in [-0.4, -0.2) is 40.2 Å². The second kappa shape index (κ2) is 19.3. The van der Waals surface area contributed by atoms with Crippen LogP contribution in [0.2, 0.25) is 0 Å². The molecule has 0 unspecified atom stereocenters. The standard InChI is InChI=1S/C46H44N2O5.CH2O/c1-33(2)46(49)53-31-7-30-52-45-28-22-40(23-29-45)47(39-18-24-43(50-4)25-19-39)37-14-10-35(11-15-37)36-12-16-38(17-13-36)48(42-9-6-8-34(3)32-42)41-20-26-44(51-5)27-21-41;1-2/h6,8-29,32H,1,7,30-31H2,2-5H3;1H2. The molecule has 8 heteroatoms. The van der Waals surface area contributed by atoms with Gasteiger partial charge in [-0.2, -0.15) is 0 Å². The van der Waals surface area contributed by atoms with E-state index in [1.54, 1.807) is 21.1 Å². The van der Waals surface area contributed by atoms with Gasteiger partial charge in [0, 0.05) is 46.1 Å². The largest absolute Gasteiger partial charge is 0.497 e. The summed E-state index contributed by atoms with van der Waals surface area (Å²) < 4.78 is 21.9. The quantitative estimate of drug-likeness (QED) is 0.0586. The summed E-state index contributed by atoms with van der Waals surface area (Å²) in [6.07, 6.45) is 0.585. The molecule has 0 atom stereocenters. The van der Waals surface area contributed by atoms with Crippen molar-refractivity contribution in [2.24, 2.45) is 0 Å². The van der Waals surface area contributed by atoms with Crippen LogP contribution < -0.4 is 24.0 Å². The zero-order chi connectivity index (χ0) is 39.2. The lowest BCUT2D eigenvalue weighted by Crippen LogP contribution is -2.10. The number of anilines is 6. The fourth-order valence-corrected chi connectivity index (χ4v) is 5.96. The molecule has 0 aliphatic heterocycles. The number of benzene rings is 6. The van der Waals surface area contributed by atoms with Gasteiger partial charge in [-0.15, -0.1) is 0 Å². The van der Waals surface area contributed by atoms with Gasteiger partial charge in [0.1, 0.15) is 24.0 Å².